The van der Waals surface area contributed by atoms with E-state index in [9.17, 15) is 4.79 Å². The minimum absolute atomic E-state index is 0.0304. The van der Waals surface area contributed by atoms with Crippen LogP contribution in [0.5, 0.6) is 0 Å². The molecule has 0 aliphatic heterocycles. The number of carbonyl (C=O) groups is 1. The Morgan fingerprint density at radius 3 is 2.15 bits per heavy atom. The molecule has 78 valence electrons. The zero-order valence-corrected chi connectivity index (χ0v) is 9.00. The highest BCUT2D eigenvalue weighted by Crippen LogP contribution is 2.04. The molecule has 0 radical (unpaired) electrons. The van der Waals surface area contributed by atoms with Crippen molar-refractivity contribution in [2.75, 3.05) is 6.61 Å². The summed E-state index contributed by atoms with van der Waals surface area (Å²) in [6.45, 7) is 7.82. The Hall–Kier alpha value is -0.410. The molecule has 0 fully saturated rings. The van der Waals surface area contributed by atoms with E-state index < -0.39 is 0 Å². The first-order chi connectivity index (χ1) is 5.99. The first-order valence-corrected chi connectivity index (χ1v) is 4.89. The summed E-state index contributed by atoms with van der Waals surface area (Å²) >= 11 is 0. The largest absolute Gasteiger partial charge is 0.396 e. The van der Waals surface area contributed by atoms with Crippen LogP contribution in [0.4, 0.5) is 0 Å². The first kappa shape index (κ1) is 12.6. The van der Waals surface area contributed by atoms with Crippen LogP contribution >= 0.6 is 0 Å². The molecule has 0 aromatic carbocycles. The van der Waals surface area contributed by atoms with Crippen molar-refractivity contribution in [1.29, 1.82) is 0 Å². The molecule has 0 aromatic heterocycles. The highest BCUT2D eigenvalue weighted by atomic mass is 16.3. The summed E-state index contributed by atoms with van der Waals surface area (Å²) in [4.78, 5) is 11.6. The van der Waals surface area contributed by atoms with Crippen molar-refractivity contribution in [1.82, 2.24) is 5.32 Å². The highest BCUT2D eigenvalue weighted by molar-refractivity contribution is 5.85. The van der Waals surface area contributed by atoms with Gasteiger partial charge in [0.05, 0.1) is 6.04 Å². The lowest BCUT2D eigenvalue weighted by atomic mass is 9.99. The fourth-order valence-corrected chi connectivity index (χ4v) is 1.24. The summed E-state index contributed by atoms with van der Waals surface area (Å²) < 4.78 is 0. The molecule has 0 bridgehead atoms. The first-order valence-electron chi connectivity index (χ1n) is 4.89. The van der Waals surface area contributed by atoms with Crippen LogP contribution in [0.15, 0.2) is 0 Å². The van der Waals surface area contributed by atoms with E-state index in [1.165, 1.54) is 0 Å². The summed E-state index contributed by atoms with van der Waals surface area (Å²) in [6.07, 6.45) is 0.509. The second kappa shape index (κ2) is 6.11. The standard InChI is InChI=1S/C10H21NO2/c1-7(2)10(13)9(5-6-12)11-8(3)4/h7-9,11-12H,5-6H2,1-4H3/t9-/m0/s1. The second-order valence-electron chi connectivity index (χ2n) is 3.94. The van der Waals surface area contributed by atoms with E-state index in [1.54, 1.807) is 0 Å². The lowest BCUT2D eigenvalue weighted by Gasteiger charge is -2.20. The maximum atomic E-state index is 11.6. The lowest BCUT2D eigenvalue weighted by molar-refractivity contribution is -0.124. The van der Waals surface area contributed by atoms with E-state index in [1.807, 2.05) is 27.7 Å². The van der Waals surface area contributed by atoms with Gasteiger partial charge in [-0.05, 0) is 6.42 Å². The number of aliphatic hydroxyl groups excluding tert-OH is 1. The minimum Gasteiger partial charge on any atom is -0.396 e. The van der Waals surface area contributed by atoms with Crippen molar-refractivity contribution >= 4 is 5.78 Å². The number of nitrogens with one attached hydrogen (secondary N) is 1. The van der Waals surface area contributed by atoms with Crippen LogP contribution in [0.2, 0.25) is 0 Å². The van der Waals surface area contributed by atoms with Gasteiger partial charge in [-0.1, -0.05) is 27.7 Å². The Balaban J connectivity index is 4.15. The van der Waals surface area contributed by atoms with Gasteiger partial charge in [-0.3, -0.25) is 4.79 Å². The van der Waals surface area contributed by atoms with E-state index in [0.717, 1.165) is 0 Å². The summed E-state index contributed by atoms with van der Waals surface area (Å²) in [5.41, 5.74) is 0. The maximum Gasteiger partial charge on any atom is 0.152 e. The Morgan fingerprint density at radius 2 is 1.85 bits per heavy atom. The van der Waals surface area contributed by atoms with Crippen molar-refractivity contribution < 1.29 is 9.90 Å². The van der Waals surface area contributed by atoms with E-state index in [2.05, 4.69) is 5.32 Å². The average molecular weight is 187 g/mol. The topological polar surface area (TPSA) is 49.3 Å². The SMILES string of the molecule is CC(C)N[C@@H](CCO)C(=O)C(C)C. The Bertz CT molecular complexity index is 155. The van der Waals surface area contributed by atoms with Crippen molar-refractivity contribution in [3.8, 4) is 0 Å². The van der Waals surface area contributed by atoms with Gasteiger partial charge in [0.15, 0.2) is 5.78 Å². The van der Waals surface area contributed by atoms with Crippen molar-refractivity contribution in [2.24, 2.45) is 5.92 Å². The van der Waals surface area contributed by atoms with E-state index in [4.69, 9.17) is 5.11 Å². The smallest absolute Gasteiger partial charge is 0.152 e. The predicted octanol–water partition coefficient (Wildman–Crippen LogP) is 0.960. The maximum absolute atomic E-state index is 11.6. The van der Waals surface area contributed by atoms with Crippen LogP contribution in [-0.2, 0) is 4.79 Å². The third kappa shape index (κ3) is 5.01. The number of rotatable bonds is 6. The minimum atomic E-state index is -0.190. The summed E-state index contributed by atoms with van der Waals surface area (Å²) in [5.74, 6) is 0.213. The molecular formula is C10H21NO2. The van der Waals surface area contributed by atoms with E-state index in [0.29, 0.717) is 6.42 Å². The molecule has 0 aliphatic rings. The van der Waals surface area contributed by atoms with Crippen molar-refractivity contribution in [3.63, 3.8) is 0 Å². The van der Waals surface area contributed by atoms with E-state index >= 15 is 0 Å². The van der Waals surface area contributed by atoms with Crippen LogP contribution in [0, 0.1) is 5.92 Å². The molecule has 0 spiro atoms. The molecule has 2 N–H and O–H groups in total. The summed E-state index contributed by atoms with van der Waals surface area (Å²) in [6, 6.07) is 0.0873. The predicted molar refractivity (Wildman–Crippen MR) is 53.6 cm³/mol. The molecule has 0 rings (SSSR count). The molecule has 3 nitrogen and oxygen atoms in total. The van der Waals surface area contributed by atoms with Crippen LogP contribution in [0.25, 0.3) is 0 Å². The van der Waals surface area contributed by atoms with Gasteiger partial charge >= 0.3 is 0 Å². The molecule has 0 unspecified atom stereocenters. The molecule has 0 aliphatic carbocycles. The normalized spacial score (nSPS) is 13.8. The summed E-state index contributed by atoms with van der Waals surface area (Å²) in [5, 5.41) is 11.9. The van der Waals surface area contributed by atoms with Gasteiger partial charge in [-0.15, -0.1) is 0 Å². The number of aliphatic hydroxyl groups is 1. The lowest BCUT2D eigenvalue weighted by Crippen LogP contribution is -2.43. The number of ketones is 1. The molecular weight excluding hydrogens is 166 g/mol. The molecule has 0 saturated carbocycles. The van der Waals surface area contributed by atoms with Gasteiger partial charge in [0.1, 0.15) is 0 Å². The molecule has 0 amide bonds. The number of hydrogen-bond donors (Lipinski definition) is 2. The zero-order valence-electron chi connectivity index (χ0n) is 9.00. The van der Waals surface area contributed by atoms with Crippen molar-refractivity contribution in [3.05, 3.63) is 0 Å². The van der Waals surface area contributed by atoms with Crippen LogP contribution < -0.4 is 5.32 Å². The monoisotopic (exact) mass is 187 g/mol. The zero-order chi connectivity index (χ0) is 10.4. The van der Waals surface area contributed by atoms with Crippen LogP contribution in [-0.4, -0.2) is 29.6 Å². The third-order valence-electron chi connectivity index (χ3n) is 1.86. The van der Waals surface area contributed by atoms with Gasteiger partial charge in [0.2, 0.25) is 0 Å². The van der Waals surface area contributed by atoms with Crippen molar-refractivity contribution in [2.45, 2.75) is 46.2 Å². The third-order valence-corrected chi connectivity index (χ3v) is 1.86. The Kier molecular flexibility index (Phi) is 5.91. The van der Waals surface area contributed by atoms with Gasteiger partial charge in [0.25, 0.3) is 0 Å². The van der Waals surface area contributed by atoms with Gasteiger partial charge < -0.3 is 10.4 Å². The molecule has 0 heterocycles. The number of hydrogen-bond acceptors (Lipinski definition) is 3. The van der Waals surface area contributed by atoms with Gasteiger partial charge in [0, 0.05) is 18.6 Å². The molecule has 3 heteroatoms. The highest BCUT2D eigenvalue weighted by Gasteiger charge is 2.20. The molecule has 0 saturated heterocycles. The van der Waals surface area contributed by atoms with Crippen LogP contribution in [0.1, 0.15) is 34.1 Å². The molecule has 1 atom stereocenters. The van der Waals surface area contributed by atoms with Gasteiger partial charge in [-0.25, -0.2) is 0 Å². The quantitative estimate of drug-likeness (QED) is 0.651. The van der Waals surface area contributed by atoms with Gasteiger partial charge in [-0.2, -0.15) is 0 Å². The summed E-state index contributed by atoms with van der Waals surface area (Å²) in [7, 11) is 0. The second-order valence-corrected chi connectivity index (χ2v) is 3.94. The molecule has 13 heavy (non-hydrogen) atoms. The Labute approximate surface area is 80.5 Å². The molecule has 0 aromatic rings. The Morgan fingerprint density at radius 1 is 1.31 bits per heavy atom. The average Bonchev–Trinajstić information content (AvgIpc) is 2.01. The van der Waals surface area contributed by atoms with Crippen LogP contribution in [0.3, 0.4) is 0 Å². The number of Topliss-reactive ketones (excluding diaryl/α,β-unsaturated/α-hetero) is 1. The fourth-order valence-electron chi connectivity index (χ4n) is 1.24. The van der Waals surface area contributed by atoms with E-state index in [-0.39, 0.29) is 30.4 Å². The fraction of sp³-hybridized carbons (Fsp3) is 0.900. The number of carbonyl (C=O) groups excluding carboxylic acids is 1.